The molecule has 170 valence electrons. The molecule has 0 aromatic rings. The number of hydrogen-bond donors (Lipinski definition) is 1. The molecule has 3 atom stereocenters. The minimum absolute atomic E-state index is 0.00820. The topological polar surface area (TPSA) is 55.4 Å². The second-order valence-electron chi connectivity index (χ2n) is 8.95. The Morgan fingerprint density at radius 2 is 1.60 bits per heavy atom. The van der Waals surface area contributed by atoms with Crippen LogP contribution in [0.2, 0.25) is 0 Å². The van der Waals surface area contributed by atoms with Crippen LogP contribution in [0.4, 0.5) is 0 Å². The summed E-state index contributed by atoms with van der Waals surface area (Å²) in [6.45, 7) is 2.24. The zero-order valence-corrected chi connectivity index (χ0v) is 19.1. The van der Waals surface area contributed by atoms with Gasteiger partial charge in [-0.2, -0.15) is 0 Å². The van der Waals surface area contributed by atoms with Crippen LogP contribution in [0.1, 0.15) is 110 Å². The molecule has 1 N–H and O–H groups in total. The van der Waals surface area contributed by atoms with Crippen LogP contribution in [0.15, 0.2) is 24.3 Å². The first-order valence-corrected chi connectivity index (χ1v) is 12.5. The third kappa shape index (κ3) is 9.49. The summed E-state index contributed by atoms with van der Waals surface area (Å²) in [5, 5.41) is 2.95. The summed E-state index contributed by atoms with van der Waals surface area (Å²) in [4.78, 5) is 24.3. The van der Waals surface area contributed by atoms with E-state index in [1.165, 1.54) is 44.9 Å². The quantitative estimate of drug-likeness (QED) is 0.190. The first-order valence-electron chi connectivity index (χ1n) is 12.5. The molecule has 1 saturated heterocycles. The molecule has 0 spiro atoms. The van der Waals surface area contributed by atoms with Crippen molar-refractivity contribution in [2.24, 2.45) is 5.92 Å². The monoisotopic (exact) mass is 417 g/mol. The van der Waals surface area contributed by atoms with Crippen LogP contribution >= 0.6 is 0 Å². The lowest BCUT2D eigenvalue weighted by molar-refractivity contribution is -0.144. The van der Waals surface area contributed by atoms with Gasteiger partial charge in [-0.25, -0.2) is 4.79 Å². The maximum absolute atomic E-state index is 12.2. The third-order valence-electron chi connectivity index (χ3n) is 6.37. The van der Waals surface area contributed by atoms with Crippen molar-refractivity contribution in [1.82, 2.24) is 5.32 Å². The van der Waals surface area contributed by atoms with Crippen LogP contribution in [-0.4, -0.2) is 24.0 Å². The van der Waals surface area contributed by atoms with Crippen molar-refractivity contribution >= 4 is 11.9 Å². The van der Waals surface area contributed by atoms with Crippen molar-refractivity contribution in [3.8, 4) is 0 Å². The Morgan fingerprint density at radius 3 is 2.37 bits per heavy atom. The standard InChI is InChI=1S/C26H43NO3/c1-2-3-4-5-6-7-8-9-10-11-12-13-14-15-16-21-24(28)27-25-22-19-17-18-20-23(22)30-26(25)29/h6-7,9-10,22-23,25H,2-5,8,11-21H2,1H3,(H,27,28)/b7-6-,10-9+/t22?,23?,25-/m1/s1. The first kappa shape index (κ1) is 24.7. The number of fused-ring (bicyclic) bond motifs is 1. The van der Waals surface area contributed by atoms with Gasteiger partial charge in [-0.1, -0.05) is 69.8 Å². The van der Waals surface area contributed by atoms with Gasteiger partial charge in [0.05, 0.1) is 0 Å². The lowest BCUT2D eigenvalue weighted by atomic mass is 9.83. The Balaban J connectivity index is 1.42. The normalized spacial score (nSPS) is 23.8. The van der Waals surface area contributed by atoms with Gasteiger partial charge < -0.3 is 10.1 Å². The average Bonchev–Trinajstić information content (AvgIpc) is 3.06. The molecule has 0 radical (unpaired) electrons. The minimum atomic E-state index is -0.402. The lowest BCUT2D eigenvalue weighted by Crippen LogP contribution is -2.43. The number of amides is 1. The predicted octanol–water partition coefficient (Wildman–Crippen LogP) is 6.40. The van der Waals surface area contributed by atoms with Crippen LogP contribution in [0.25, 0.3) is 0 Å². The van der Waals surface area contributed by atoms with Crippen molar-refractivity contribution in [3.05, 3.63) is 24.3 Å². The van der Waals surface area contributed by atoms with E-state index in [1.807, 2.05) is 0 Å². The molecular formula is C26H43NO3. The third-order valence-corrected chi connectivity index (χ3v) is 6.37. The molecule has 2 fully saturated rings. The summed E-state index contributed by atoms with van der Waals surface area (Å²) < 4.78 is 5.45. The highest BCUT2D eigenvalue weighted by molar-refractivity contribution is 5.86. The molecule has 1 amide bonds. The van der Waals surface area contributed by atoms with Gasteiger partial charge in [0.25, 0.3) is 0 Å². The van der Waals surface area contributed by atoms with Gasteiger partial charge in [0.15, 0.2) is 0 Å². The Labute approximate surface area is 183 Å². The van der Waals surface area contributed by atoms with Crippen LogP contribution < -0.4 is 5.32 Å². The fourth-order valence-corrected chi connectivity index (χ4v) is 4.56. The summed E-state index contributed by atoms with van der Waals surface area (Å²) in [6, 6.07) is -0.402. The van der Waals surface area contributed by atoms with Gasteiger partial charge in [-0.15, -0.1) is 0 Å². The van der Waals surface area contributed by atoms with Crippen LogP contribution in [0.3, 0.4) is 0 Å². The highest BCUT2D eigenvalue weighted by Gasteiger charge is 2.45. The number of allylic oxidation sites excluding steroid dienone is 4. The molecule has 1 saturated carbocycles. The van der Waals surface area contributed by atoms with Crippen molar-refractivity contribution in [3.63, 3.8) is 0 Å². The van der Waals surface area contributed by atoms with Gasteiger partial charge in [0, 0.05) is 12.3 Å². The lowest BCUT2D eigenvalue weighted by Gasteiger charge is -2.25. The van der Waals surface area contributed by atoms with E-state index in [0.717, 1.165) is 51.4 Å². The van der Waals surface area contributed by atoms with Crippen molar-refractivity contribution < 1.29 is 14.3 Å². The number of hydrogen-bond acceptors (Lipinski definition) is 3. The van der Waals surface area contributed by atoms with E-state index in [-0.39, 0.29) is 23.9 Å². The van der Waals surface area contributed by atoms with E-state index in [1.54, 1.807) is 0 Å². The smallest absolute Gasteiger partial charge is 0.329 e. The van der Waals surface area contributed by atoms with Crippen molar-refractivity contribution in [2.45, 2.75) is 122 Å². The summed E-state index contributed by atoms with van der Waals surface area (Å²) in [7, 11) is 0. The molecule has 1 aliphatic carbocycles. The molecule has 0 bridgehead atoms. The van der Waals surface area contributed by atoms with Gasteiger partial charge in [0.1, 0.15) is 12.1 Å². The molecule has 1 aliphatic heterocycles. The summed E-state index contributed by atoms with van der Waals surface area (Å²) in [6.07, 6.45) is 26.9. The Bertz CT molecular complexity index is 554. The zero-order valence-electron chi connectivity index (χ0n) is 19.1. The van der Waals surface area contributed by atoms with Gasteiger partial charge >= 0.3 is 5.97 Å². The van der Waals surface area contributed by atoms with Gasteiger partial charge in [-0.05, 0) is 57.8 Å². The van der Waals surface area contributed by atoms with E-state index in [2.05, 4.69) is 36.5 Å². The summed E-state index contributed by atoms with van der Waals surface area (Å²) >= 11 is 0. The van der Waals surface area contributed by atoms with Gasteiger partial charge in [0.2, 0.25) is 5.91 Å². The molecule has 4 heteroatoms. The second kappa shape index (κ2) is 15.3. The van der Waals surface area contributed by atoms with E-state index in [9.17, 15) is 9.59 Å². The molecule has 0 aromatic carbocycles. The first-order chi connectivity index (χ1) is 14.7. The number of nitrogens with one attached hydrogen (secondary N) is 1. The number of esters is 1. The number of rotatable bonds is 15. The van der Waals surface area contributed by atoms with E-state index in [4.69, 9.17) is 4.74 Å². The average molecular weight is 418 g/mol. The molecule has 2 unspecified atom stereocenters. The molecule has 0 aromatic heterocycles. The van der Waals surface area contributed by atoms with Crippen LogP contribution in [0.5, 0.6) is 0 Å². The van der Waals surface area contributed by atoms with Crippen molar-refractivity contribution in [2.75, 3.05) is 0 Å². The SMILES string of the molecule is CCCCC/C=C\C/C=C/CCCCCCCC(=O)N[C@H]1C(=O)OC2CCCCC21. The zero-order chi connectivity index (χ0) is 21.4. The Morgan fingerprint density at radius 1 is 0.933 bits per heavy atom. The minimum Gasteiger partial charge on any atom is -0.460 e. The maximum Gasteiger partial charge on any atom is 0.329 e. The Hall–Kier alpha value is -1.58. The van der Waals surface area contributed by atoms with Crippen LogP contribution in [0, 0.1) is 5.92 Å². The highest BCUT2D eigenvalue weighted by Crippen LogP contribution is 2.35. The van der Waals surface area contributed by atoms with Gasteiger partial charge in [-0.3, -0.25) is 4.79 Å². The molecule has 2 rings (SSSR count). The summed E-state index contributed by atoms with van der Waals surface area (Å²) in [5.41, 5.74) is 0. The number of ether oxygens (including phenoxy) is 1. The Kier molecular flexibility index (Phi) is 12.6. The molecule has 2 aliphatic rings. The predicted molar refractivity (Wildman–Crippen MR) is 123 cm³/mol. The number of carbonyl (C=O) groups excluding carboxylic acids is 2. The van der Waals surface area contributed by atoms with E-state index >= 15 is 0 Å². The molecule has 1 heterocycles. The molecular weight excluding hydrogens is 374 g/mol. The molecule has 4 nitrogen and oxygen atoms in total. The fraction of sp³-hybridized carbons (Fsp3) is 0.769. The van der Waals surface area contributed by atoms with E-state index in [0.29, 0.717) is 6.42 Å². The van der Waals surface area contributed by atoms with E-state index < -0.39 is 6.04 Å². The van der Waals surface area contributed by atoms with Crippen molar-refractivity contribution in [1.29, 1.82) is 0 Å². The largest absolute Gasteiger partial charge is 0.460 e. The van der Waals surface area contributed by atoms with Crippen LogP contribution in [-0.2, 0) is 14.3 Å². The maximum atomic E-state index is 12.2. The summed E-state index contributed by atoms with van der Waals surface area (Å²) in [5.74, 6) is -0.0195. The number of unbranched alkanes of at least 4 members (excludes halogenated alkanes) is 8. The molecule has 30 heavy (non-hydrogen) atoms. The highest BCUT2D eigenvalue weighted by atomic mass is 16.6. The number of carbonyl (C=O) groups is 2. The fourth-order valence-electron chi connectivity index (χ4n) is 4.56. The second-order valence-corrected chi connectivity index (χ2v) is 8.95.